The van der Waals surface area contributed by atoms with Gasteiger partial charge in [0.2, 0.25) is 0 Å². The largest absolute Gasteiger partial charge is 0.236 e. The normalized spacial score (nSPS) is 10.8. The van der Waals surface area contributed by atoms with Gasteiger partial charge < -0.3 is 0 Å². The van der Waals surface area contributed by atoms with Crippen molar-refractivity contribution < 1.29 is 0 Å². The van der Waals surface area contributed by atoms with E-state index in [1.165, 1.54) is 0 Å². The van der Waals surface area contributed by atoms with Crippen LogP contribution in [0.1, 0.15) is 5.56 Å². The Morgan fingerprint density at radius 1 is 1.21 bits per heavy atom. The molecule has 0 spiro atoms. The summed E-state index contributed by atoms with van der Waals surface area (Å²) in [5.74, 6) is 0. The van der Waals surface area contributed by atoms with Crippen LogP contribution in [0.3, 0.4) is 0 Å². The average Bonchev–Trinajstić information content (AvgIpc) is 2.16. The Bertz CT molecular complexity index is 485. The highest BCUT2D eigenvalue weighted by Gasteiger charge is 2.03. The van der Waals surface area contributed by atoms with E-state index < -0.39 is 0 Å². The van der Waals surface area contributed by atoms with Gasteiger partial charge in [-0.25, -0.2) is 4.98 Å². The smallest absolute Gasteiger partial charge is 0.131 e. The molecule has 2 rings (SSSR count). The van der Waals surface area contributed by atoms with E-state index >= 15 is 0 Å². The molecule has 0 N–H and O–H groups in total. The summed E-state index contributed by atoms with van der Waals surface area (Å²) in [5, 5.41) is 2.80. The van der Waals surface area contributed by atoms with Gasteiger partial charge in [0.15, 0.2) is 0 Å². The minimum atomic E-state index is 0.425. The van der Waals surface area contributed by atoms with Gasteiger partial charge >= 0.3 is 0 Å². The first-order valence-electron chi connectivity index (χ1n) is 4.01. The predicted molar refractivity (Wildman–Crippen MR) is 64.4 cm³/mol. The Labute approximate surface area is 100 Å². The first kappa shape index (κ1) is 10.2. The summed E-state index contributed by atoms with van der Waals surface area (Å²) in [6, 6.07) is 7.59. The summed E-state index contributed by atoms with van der Waals surface area (Å²) in [6.07, 6.45) is 0. The number of fused-ring (bicyclic) bond motifs is 1. The highest BCUT2D eigenvalue weighted by molar-refractivity contribution is 9.08. The van der Waals surface area contributed by atoms with Crippen LogP contribution in [0.15, 0.2) is 24.3 Å². The molecule has 0 fully saturated rings. The number of benzene rings is 1. The number of nitrogens with zero attached hydrogens (tertiary/aromatic N) is 1. The van der Waals surface area contributed by atoms with Crippen LogP contribution in [0, 0.1) is 0 Å². The number of pyridine rings is 1. The third-order valence-corrected chi connectivity index (χ3v) is 3.10. The lowest BCUT2D eigenvalue weighted by molar-refractivity contribution is 1.38. The molecule has 0 bridgehead atoms. The zero-order chi connectivity index (χ0) is 10.1. The zero-order valence-corrected chi connectivity index (χ0v) is 10.2. The Morgan fingerprint density at radius 3 is 2.71 bits per heavy atom. The van der Waals surface area contributed by atoms with Crippen molar-refractivity contribution in [1.29, 1.82) is 0 Å². The number of alkyl halides is 1. The third kappa shape index (κ3) is 1.88. The SMILES string of the molecule is Clc1cc(Cl)c2ccc(CBr)cc2n1. The molecule has 1 aromatic carbocycles. The van der Waals surface area contributed by atoms with Crippen LogP contribution in [0.2, 0.25) is 10.2 Å². The van der Waals surface area contributed by atoms with Gasteiger partial charge in [-0.05, 0) is 17.7 Å². The van der Waals surface area contributed by atoms with E-state index in [-0.39, 0.29) is 0 Å². The molecule has 0 radical (unpaired) electrons. The molecule has 4 heteroatoms. The van der Waals surface area contributed by atoms with E-state index in [0.717, 1.165) is 21.8 Å². The van der Waals surface area contributed by atoms with E-state index in [9.17, 15) is 0 Å². The van der Waals surface area contributed by atoms with Gasteiger partial charge in [-0.2, -0.15) is 0 Å². The summed E-state index contributed by atoms with van der Waals surface area (Å²) in [4.78, 5) is 4.21. The molecule has 14 heavy (non-hydrogen) atoms. The molecule has 0 aliphatic rings. The topological polar surface area (TPSA) is 12.9 Å². The van der Waals surface area contributed by atoms with Gasteiger partial charge in [-0.15, -0.1) is 0 Å². The van der Waals surface area contributed by atoms with Gasteiger partial charge in [-0.1, -0.05) is 51.3 Å². The molecule has 2 aromatic rings. The highest BCUT2D eigenvalue weighted by atomic mass is 79.9. The van der Waals surface area contributed by atoms with Crippen LogP contribution in [0.4, 0.5) is 0 Å². The molecule has 1 nitrogen and oxygen atoms in total. The van der Waals surface area contributed by atoms with E-state index in [0.29, 0.717) is 10.2 Å². The van der Waals surface area contributed by atoms with Crippen LogP contribution < -0.4 is 0 Å². The lowest BCUT2D eigenvalue weighted by atomic mass is 10.1. The summed E-state index contributed by atoms with van der Waals surface area (Å²) >= 11 is 15.2. The monoisotopic (exact) mass is 289 g/mol. The molecule has 0 saturated heterocycles. The minimum Gasteiger partial charge on any atom is -0.236 e. The predicted octanol–water partition coefficient (Wildman–Crippen LogP) is 4.44. The summed E-state index contributed by atoms with van der Waals surface area (Å²) in [5.41, 5.74) is 1.99. The van der Waals surface area contributed by atoms with Gasteiger partial charge in [-0.3, -0.25) is 0 Å². The second-order valence-electron chi connectivity index (χ2n) is 2.91. The molecule has 0 atom stereocenters. The fraction of sp³-hybridized carbons (Fsp3) is 0.100. The van der Waals surface area contributed by atoms with Crippen molar-refractivity contribution in [3.63, 3.8) is 0 Å². The first-order chi connectivity index (χ1) is 6.70. The van der Waals surface area contributed by atoms with Gasteiger partial charge in [0.25, 0.3) is 0 Å². The summed E-state index contributed by atoms with van der Waals surface area (Å²) in [6.45, 7) is 0. The number of hydrogen-bond acceptors (Lipinski definition) is 1. The zero-order valence-electron chi connectivity index (χ0n) is 7.10. The molecule has 0 amide bonds. The van der Waals surface area contributed by atoms with Crippen molar-refractivity contribution >= 4 is 50.0 Å². The Morgan fingerprint density at radius 2 is 2.00 bits per heavy atom. The van der Waals surface area contributed by atoms with Crippen LogP contribution >= 0.6 is 39.1 Å². The maximum atomic E-state index is 6.02. The molecular weight excluding hydrogens is 285 g/mol. The van der Waals surface area contributed by atoms with Gasteiger partial charge in [0, 0.05) is 10.7 Å². The van der Waals surface area contributed by atoms with Crippen LogP contribution in [-0.2, 0) is 5.33 Å². The average molecular weight is 291 g/mol. The fourth-order valence-electron chi connectivity index (χ4n) is 1.28. The molecule has 0 unspecified atom stereocenters. The quantitative estimate of drug-likeness (QED) is 0.559. The van der Waals surface area contributed by atoms with Crippen molar-refractivity contribution in [1.82, 2.24) is 4.98 Å². The Balaban J connectivity index is 2.75. The molecule has 0 saturated carbocycles. The fourth-order valence-corrected chi connectivity index (χ4v) is 2.15. The third-order valence-electron chi connectivity index (χ3n) is 1.95. The lowest BCUT2D eigenvalue weighted by Gasteiger charge is -2.02. The molecular formula is C10H6BrCl2N. The molecule has 1 aromatic heterocycles. The second-order valence-corrected chi connectivity index (χ2v) is 4.27. The van der Waals surface area contributed by atoms with E-state index in [1.807, 2.05) is 18.2 Å². The number of hydrogen-bond donors (Lipinski definition) is 0. The van der Waals surface area contributed by atoms with Crippen LogP contribution in [-0.4, -0.2) is 4.98 Å². The van der Waals surface area contributed by atoms with E-state index in [1.54, 1.807) is 6.07 Å². The van der Waals surface area contributed by atoms with Crippen molar-refractivity contribution in [3.05, 3.63) is 40.0 Å². The molecule has 72 valence electrons. The van der Waals surface area contributed by atoms with E-state index in [2.05, 4.69) is 20.9 Å². The number of aromatic nitrogens is 1. The summed E-state index contributed by atoms with van der Waals surface area (Å²) in [7, 11) is 0. The molecule has 0 aliphatic carbocycles. The van der Waals surface area contributed by atoms with Crippen molar-refractivity contribution in [2.24, 2.45) is 0 Å². The maximum Gasteiger partial charge on any atom is 0.131 e. The maximum absolute atomic E-state index is 6.02. The number of rotatable bonds is 1. The van der Waals surface area contributed by atoms with Crippen molar-refractivity contribution in [2.45, 2.75) is 5.33 Å². The van der Waals surface area contributed by atoms with Gasteiger partial charge in [0.05, 0.1) is 10.5 Å². The standard InChI is InChI=1S/C10H6BrCl2N/c11-5-6-1-2-7-8(12)4-10(13)14-9(7)3-6/h1-4H,5H2. The van der Waals surface area contributed by atoms with Crippen molar-refractivity contribution in [2.75, 3.05) is 0 Å². The Kier molecular flexibility index (Phi) is 2.96. The van der Waals surface area contributed by atoms with Crippen molar-refractivity contribution in [3.8, 4) is 0 Å². The minimum absolute atomic E-state index is 0.425. The second kappa shape index (κ2) is 4.05. The molecule has 1 heterocycles. The number of halogens is 3. The van der Waals surface area contributed by atoms with Crippen LogP contribution in [0.5, 0.6) is 0 Å². The Hall–Kier alpha value is -0.310. The summed E-state index contributed by atoms with van der Waals surface area (Å²) < 4.78 is 0. The van der Waals surface area contributed by atoms with Gasteiger partial charge in [0.1, 0.15) is 5.15 Å². The first-order valence-corrected chi connectivity index (χ1v) is 5.89. The van der Waals surface area contributed by atoms with E-state index in [4.69, 9.17) is 23.2 Å². The lowest BCUT2D eigenvalue weighted by Crippen LogP contribution is -1.84. The molecule has 0 aliphatic heterocycles. The highest BCUT2D eigenvalue weighted by Crippen LogP contribution is 2.26. The van der Waals surface area contributed by atoms with Crippen LogP contribution in [0.25, 0.3) is 10.9 Å².